The van der Waals surface area contributed by atoms with Crippen molar-refractivity contribution in [3.63, 3.8) is 0 Å². The van der Waals surface area contributed by atoms with E-state index in [9.17, 15) is 4.79 Å². The van der Waals surface area contributed by atoms with Crippen LogP contribution in [0.25, 0.3) is 0 Å². The summed E-state index contributed by atoms with van der Waals surface area (Å²) < 4.78 is 16.3. The Kier molecular flexibility index (Phi) is 7.85. The molecule has 0 unspecified atom stereocenters. The van der Waals surface area contributed by atoms with Crippen LogP contribution in [0, 0.1) is 0 Å². The van der Waals surface area contributed by atoms with Gasteiger partial charge in [-0.25, -0.2) is 4.99 Å². The lowest BCUT2D eigenvalue weighted by Crippen LogP contribution is -2.14. The van der Waals surface area contributed by atoms with Crippen LogP contribution < -0.4 is 19.5 Å². The van der Waals surface area contributed by atoms with Crippen LogP contribution in [0.2, 0.25) is 0 Å². The van der Waals surface area contributed by atoms with Gasteiger partial charge in [0.1, 0.15) is 5.00 Å². The Bertz CT molecular complexity index is 1150. The van der Waals surface area contributed by atoms with Crippen molar-refractivity contribution < 1.29 is 19.0 Å². The van der Waals surface area contributed by atoms with Gasteiger partial charge in [-0.15, -0.1) is 11.3 Å². The van der Waals surface area contributed by atoms with Gasteiger partial charge in [0, 0.05) is 22.3 Å². The number of nitrogens with zero attached hydrogens (tertiary/aromatic N) is 1. The zero-order valence-corrected chi connectivity index (χ0v) is 20.7. The minimum absolute atomic E-state index is 0.110. The summed E-state index contributed by atoms with van der Waals surface area (Å²) >= 11 is 1.62. The summed E-state index contributed by atoms with van der Waals surface area (Å²) in [4.78, 5) is 19.5. The molecule has 7 heteroatoms. The molecule has 0 aliphatic heterocycles. The van der Waals surface area contributed by atoms with E-state index in [1.807, 2.05) is 42.5 Å². The van der Waals surface area contributed by atoms with Crippen LogP contribution in [-0.4, -0.2) is 33.5 Å². The van der Waals surface area contributed by atoms with Crippen molar-refractivity contribution in [3.05, 3.63) is 64.0 Å². The molecule has 0 saturated carbocycles. The van der Waals surface area contributed by atoms with Gasteiger partial charge in [0.05, 0.1) is 26.9 Å². The predicted octanol–water partition coefficient (Wildman–Crippen LogP) is 6.44. The molecule has 0 radical (unpaired) electrons. The van der Waals surface area contributed by atoms with E-state index < -0.39 is 0 Å². The Labute approximate surface area is 204 Å². The number of aliphatic imine (C=N–C) groups is 1. The fourth-order valence-electron chi connectivity index (χ4n) is 4.25. The SMILES string of the molecule is COc1cc(C=Nc2sc3c(c2C(=O)Nc2ccccc2)CCCCCC3)cc(OC)c1OC. The lowest BCUT2D eigenvalue weighted by molar-refractivity contribution is 0.102. The molecule has 2 aromatic carbocycles. The molecular weight excluding hydrogens is 448 g/mol. The number of rotatable bonds is 7. The largest absolute Gasteiger partial charge is 0.493 e. The number of fused-ring (bicyclic) bond motifs is 1. The fourth-order valence-corrected chi connectivity index (χ4v) is 5.48. The number of amides is 1. The van der Waals surface area contributed by atoms with Gasteiger partial charge in [0.2, 0.25) is 5.75 Å². The smallest absolute Gasteiger partial charge is 0.259 e. The Morgan fingerprint density at radius 3 is 2.26 bits per heavy atom. The first-order chi connectivity index (χ1) is 16.6. The Hall–Kier alpha value is -3.32. The molecule has 34 heavy (non-hydrogen) atoms. The first-order valence-corrected chi connectivity index (χ1v) is 12.3. The summed E-state index contributed by atoms with van der Waals surface area (Å²) in [7, 11) is 4.75. The average Bonchev–Trinajstić information content (AvgIpc) is 3.18. The molecular formula is C27H30N2O4S. The van der Waals surface area contributed by atoms with Crippen molar-refractivity contribution in [2.24, 2.45) is 4.99 Å². The fraction of sp³-hybridized carbons (Fsp3) is 0.333. The quantitative estimate of drug-likeness (QED) is 0.397. The maximum atomic E-state index is 13.4. The third-order valence-electron chi connectivity index (χ3n) is 5.93. The second-order valence-electron chi connectivity index (χ2n) is 8.14. The van der Waals surface area contributed by atoms with E-state index in [2.05, 4.69) is 5.32 Å². The van der Waals surface area contributed by atoms with Crippen LogP contribution >= 0.6 is 11.3 Å². The molecule has 0 saturated heterocycles. The summed E-state index contributed by atoms with van der Waals surface area (Å²) in [5.41, 5.74) is 3.41. The third-order valence-corrected chi connectivity index (χ3v) is 7.13. The summed E-state index contributed by atoms with van der Waals surface area (Å²) in [5.74, 6) is 1.54. The lowest BCUT2D eigenvalue weighted by atomic mass is 9.96. The van der Waals surface area contributed by atoms with E-state index in [4.69, 9.17) is 19.2 Å². The maximum absolute atomic E-state index is 13.4. The van der Waals surface area contributed by atoms with Crippen LogP contribution in [0.4, 0.5) is 10.7 Å². The number of carbonyl (C=O) groups excluding carboxylic acids is 1. The Morgan fingerprint density at radius 2 is 1.62 bits per heavy atom. The second kappa shape index (κ2) is 11.2. The molecule has 1 aromatic heterocycles. The van der Waals surface area contributed by atoms with Crippen molar-refractivity contribution in [2.75, 3.05) is 26.6 Å². The number of hydrogen-bond acceptors (Lipinski definition) is 6. The number of carbonyl (C=O) groups is 1. The summed E-state index contributed by atoms with van der Waals surface area (Å²) in [6, 6.07) is 13.2. The zero-order valence-electron chi connectivity index (χ0n) is 19.8. The minimum Gasteiger partial charge on any atom is -0.493 e. The maximum Gasteiger partial charge on any atom is 0.259 e. The van der Waals surface area contributed by atoms with Crippen molar-refractivity contribution >= 4 is 34.1 Å². The van der Waals surface area contributed by atoms with Crippen LogP contribution in [-0.2, 0) is 12.8 Å². The van der Waals surface area contributed by atoms with E-state index in [0.717, 1.165) is 47.5 Å². The van der Waals surface area contributed by atoms with Gasteiger partial charge >= 0.3 is 0 Å². The number of methoxy groups -OCH3 is 3. The van der Waals surface area contributed by atoms with Gasteiger partial charge in [0.25, 0.3) is 5.91 Å². The average molecular weight is 479 g/mol. The van der Waals surface area contributed by atoms with Gasteiger partial charge in [-0.2, -0.15) is 0 Å². The lowest BCUT2D eigenvalue weighted by Gasteiger charge is -2.12. The molecule has 6 nitrogen and oxygen atoms in total. The number of ether oxygens (including phenoxy) is 3. The number of benzene rings is 2. The summed E-state index contributed by atoms with van der Waals surface area (Å²) in [6.45, 7) is 0. The zero-order chi connectivity index (χ0) is 23.9. The number of hydrogen-bond donors (Lipinski definition) is 1. The molecule has 0 fully saturated rings. The van der Waals surface area contributed by atoms with Crippen LogP contribution in [0.5, 0.6) is 17.2 Å². The van der Waals surface area contributed by atoms with Gasteiger partial charge in [-0.1, -0.05) is 31.0 Å². The van der Waals surface area contributed by atoms with Gasteiger partial charge in [-0.05, 0) is 55.5 Å². The topological polar surface area (TPSA) is 69.2 Å². The molecule has 0 atom stereocenters. The highest BCUT2D eigenvalue weighted by atomic mass is 32.1. The predicted molar refractivity (Wildman–Crippen MR) is 138 cm³/mol. The summed E-state index contributed by atoms with van der Waals surface area (Å²) in [5, 5.41) is 3.79. The monoisotopic (exact) mass is 478 g/mol. The van der Waals surface area contributed by atoms with Gasteiger partial charge in [0.15, 0.2) is 11.5 Å². The normalized spacial score (nSPS) is 13.6. The highest BCUT2D eigenvalue weighted by molar-refractivity contribution is 7.16. The number of nitrogens with one attached hydrogen (secondary N) is 1. The molecule has 1 aliphatic carbocycles. The third kappa shape index (κ3) is 5.25. The minimum atomic E-state index is -0.110. The van der Waals surface area contributed by atoms with E-state index >= 15 is 0 Å². The molecule has 4 rings (SSSR count). The number of para-hydroxylation sites is 1. The van der Waals surface area contributed by atoms with E-state index in [0.29, 0.717) is 22.8 Å². The van der Waals surface area contributed by atoms with Crippen LogP contribution in [0.15, 0.2) is 47.5 Å². The molecule has 3 aromatic rings. The molecule has 0 bridgehead atoms. The standard InChI is InChI=1S/C27H30N2O4S/c1-31-21-15-18(16-22(32-2)25(21)33-3)17-28-27-24(26(30)29-19-11-7-6-8-12-19)20-13-9-4-5-10-14-23(20)34-27/h6-8,11-12,15-17H,4-5,9-10,13-14H2,1-3H3,(H,29,30). The molecule has 1 amide bonds. The number of thiophene rings is 1. The van der Waals surface area contributed by atoms with Crippen molar-refractivity contribution in [3.8, 4) is 17.2 Å². The summed E-state index contributed by atoms with van der Waals surface area (Å²) in [6.07, 6.45) is 8.30. The van der Waals surface area contributed by atoms with Gasteiger partial charge in [-0.3, -0.25) is 4.79 Å². The van der Waals surface area contributed by atoms with Crippen LogP contribution in [0.3, 0.4) is 0 Å². The van der Waals surface area contributed by atoms with Crippen molar-refractivity contribution in [1.82, 2.24) is 0 Å². The van der Waals surface area contributed by atoms with E-state index in [1.165, 1.54) is 17.7 Å². The molecule has 1 heterocycles. The number of anilines is 1. The first kappa shape index (κ1) is 23.8. The number of aryl methyl sites for hydroxylation is 1. The Balaban J connectivity index is 1.73. The highest BCUT2D eigenvalue weighted by Crippen LogP contribution is 2.40. The second-order valence-corrected chi connectivity index (χ2v) is 9.22. The van der Waals surface area contributed by atoms with Crippen LogP contribution in [0.1, 0.15) is 52.0 Å². The molecule has 1 N–H and O–H groups in total. The van der Waals surface area contributed by atoms with Gasteiger partial charge < -0.3 is 19.5 Å². The van der Waals surface area contributed by atoms with Crippen molar-refractivity contribution in [2.45, 2.75) is 38.5 Å². The van der Waals surface area contributed by atoms with E-state index in [1.54, 1.807) is 38.9 Å². The Morgan fingerprint density at radius 1 is 0.941 bits per heavy atom. The molecule has 0 spiro atoms. The van der Waals surface area contributed by atoms with E-state index in [-0.39, 0.29) is 5.91 Å². The molecule has 178 valence electrons. The van der Waals surface area contributed by atoms with Crippen molar-refractivity contribution in [1.29, 1.82) is 0 Å². The first-order valence-electron chi connectivity index (χ1n) is 11.5. The highest BCUT2D eigenvalue weighted by Gasteiger charge is 2.24. The molecule has 1 aliphatic rings.